The van der Waals surface area contributed by atoms with E-state index in [2.05, 4.69) is 5.73 Å². The van der Waals surface area contributed by atoms with Gasteiger partial charge in [-0.2, -0.15) is 0 Å². The van der Waals surface area contributed by atoms with Crippen molar-refractivity contribution in [2.75, 3.05) is 40.5 Å². The summed E-state index contributed by atoms with van der Waals surface area (Å²) < 4.78 is 21.9. The third kappa shape index (κ3) is 8.27. The normalized spacial score (nSPS) is 11.7. The molecule has 2 aromatic carbocycles. The number of nitrogens with two attached hydrogens (primary N) is 1. The van der Waals surface area contributed by atoms with E-state index in [1.54, 1.807) is 64.5 Å². The second-order valence-electron chi connectivity index (χ2n) is 7.84. The minimum atomic E-state index is -0.250. The van der Waals surface area contributed by atoms with Gasteiger partial charge in [-0.3, -0.25) is 9.59 Å². The molecule has 0 unspecified atom stereocenters. The number of benzene rings is 2. The molecule has 0 spiro atoms. The van der Waals surface area contributed by atoms with Crippen molar-refractivity contribution in [3.8, 4) is 23.0 Å². The van der Waals surface area contributed by atoms with Crippen molar-refractivity contribution >= 4 is 23.7 Å². The minimum absolute atomic E-state index is 0.221. The number of quaternary nitrogens is 1. The van der Waals surface area contributed by atoms with Gasteiger partial charge in [0.25, 0.3) is 0 Å². The van der Waals surface area contributed by atoms with Crippen molar-refractivity contribution in [2.45, 2.75) is 20.3 Å². The Hall–Kier alpha value is -3.62. The van der Waals surface area contributed by atoms with Gasteiger partial charge >= 0.3 is 0 Å². The van der Waals surface area contributed by atoms with Crippen molar-refractivity contribution in [1.82, 2.24) is 0 Å². The molecular weight excluding hydrogens is 448 g/mol. The van der Waals surface area contributed by atoms with Crippen LogP contribution in [0.3, 0.4) is 0 Å². The first kappa shape index (κ1) is 27.6. The number of allylic oxidation sites excluding steroid dienone is 2. The molecule has 0 heterocycles. The number of carbonyl (C=O) groups is 2. The number of carbonyl (C=O) groups excluding carboxylic acids is 2. The Labute approximate surface area is 206 Å². The Morgan fingerprint density at radius 2 is 1.26 bits per heavy atom. The maximum Gasteiger partial charge on any atom is 0.166 e. The van der Waals surface area contributed by atoms with Crippen LogP contribution < -0.4 is 30.4 Å². The second-order valence-corrected chi connectivity index (χ2v) is 7.84. The van der Waals surface area contributed by atoms with Gasteiger partial charge in [0.05, 0.1) is 20.6 Å². The van der Waals surface area contributed by atoms with Crippen LogP contribution in [0.4, 0.5) is 0 Å². The van der Waals surface area contributed by atoms with Crippen LogP contribution in [-0.2, 0) is 9.59 Å². The summed E-state index contributed by atoms with van der Waals surface area (Å²) in [5.74, 6) is 1.80. The van der Waals surface area contributed by atoms with E-state index in [0.29, 0.717) is 60.4 Å². The lowest BCUT2D eigenvalue weighted by Crippen LogP contribution is -2.52. The molecule has 0 atom stereocenters. The number of hydrogen-bond donors (Lipinski definition) is 2. The molecule has 0 aliphatic heterocycles. The highest BCUT2D eigenvalue weighted by Crippen LogP contribution is 2.30. The number of Topliss-reactive ketones (excluding diaryl/α,β-unsaturated/α-hetero) is 2. The maximum atomic E-state index is 12.7. The van der Waals surface area contributed by atoms with Crippen molar-refractivity contribution in [3.63, 3.8) is 0 Å². The fraction of sp³-hybridized carbons (Fsp3) is 0.333. The number of hydrogen-bond acceptors (Lipinski definition) is 7. The molecule has 0 saturated carbocycles. The molecule has 35 heavy (non-hydrogen) atoms. The summed E-state index contributed by atoms with van der Waals surface area (Å²) in [6.45, 7) is 5.28. The highest BCUT2D eigenvalue weighted by Gasteiger charge is 2.14. The zero-order chi connectivity index (χ0) is 25.8. The van der Waals surface area contributed by atoms with E-state index in [4.69, 9.17) is 24.7 Å². The molecule has 188 valence electrons. The average Bonchev–Trinajstić information content (AvgIpc) is 2.86. The summed E-state index contributed by atoms with van der Waals surface area (Å²) in [6.07, 6.45) is 3.23. The minimum Gasteiger partial charge on any atom is -0.493 e. The van der Waals surface area contributed by atoms with E-state index in [1.165, 1.54) is 0 Å². The Bertz CT molecular complexity index is 1010. The first-order chi connectivity index (χ1) is 16.8. The van der Waals surface area contributed by atoms with E-state index in [1.807, 2.05) is 12.1 Å². The molecule has 0 fully saturated rings. The van der Waals surface area contributed by atoms with Crippen molar-refractivity contribution in [3.05, 3.63) is 58.7 Å². The summed E-state index contributed by atoms with van der Waals surface area (Å²) in [4.78, 5) is 25.4. The Balaban J connectivity index is 2.10. The van der Waals surface area contributed by atoms with Crippen LogP contribution in [0.5, 0.6) is 23.0 Å². The van der Waals surface area contributed by atoms with Gasteiger partial charge in [0.15, 0.2) is 34.6 Å². The van der Waals surface area contributed by atoms with Crippen LogP contribution in [0.25, 0.3) is 12.2 Å². The Morgan fingerprint density at radius 1 is 0.800 bits per heavy atom. The summed E-state index contributed by atoms with van der Waals surface area (Å²) in [5, 5.41) is 0. The van der Waals surface area contributed by atoms with Gasteiger partial charge in [-0.25, -0.2) is 0 Å². The fourth-order valence-electron chi connectivity index (χ4n) is 3.22. The van der Waals surface area contributed by atoms with E-state index >= 15 is 0 Å². The van der Waals surface area contributed by atoms with Crippen molar-refractivity contribution in [1.29, 1.82) is 0 Å². The zero-order valence-corrected chi connectivity index (χ0v) is 20.9. The van der Waals surface area contributed by atoms with Crippen molar-refractivity contribution < 1.29 is 34.3 Å². The molecule has 5 N–H and O–H groups in total. The van der Waals surface area contributed by atoms with Crippen LogP contribution in [0.2, 0.25) is 0 Å². The second kappa shape index (κ2) is 13.9. The molecule has 8 heteroatoms. The molecule has 0 saturated heterocycles. The number of methoxy groups -OCH3 is 2. The van der Waals surface area contributed by atoms with Gasteiger partial charge in [0, 0.05) is 6.54 Å². The summed E-state index contributed by atoms with van der Waals surface area (Å²) >= 11 is 0. The number of rotatable bonds is 14. The van der Waals surface area contributed by atoms with Gasteiger partial charge in [-0.05, 0) is 72.5 Å². The molecule has 2 aromatic rings. The molecule has 0 aliphatic carbocycles. The largest absolute Gasteiger partial charge is 0.493 e. The molecular formula is C27H35N2O6+. The number of ether oxygens (including phenoxy) is 4. The third-order valence-electron chi connectivity index (χ3n) is 5.12. The predicted molar refractivity (Wildman–Crippen MR) is 136 cm³/mol. The quantitative estimate of drug-likeness (QED) is 0.313. The van der Waals surface area contributed by atoms with Gasteiger partial charge < -0.3 is 30.4 Å². The van der Waals surface area contributed by atoms with E-state index < -0.39 is 0 Å². The Kier molecular flexibility index (Phi) is 11.0. The first-order valence-electron chi connectivity index (χ1n) is 11.4. The van der Waals surface area contributed by atoms with Crippen LogP contribution in [-0.4, -0.2) is 52.1 Å². The molecule has 0 amide bonds. The Morgan fingerprint density at radius 3 is 1.66 bits per heavy atom. The lowest BCUT2D eigenvalue weighted by Gasteiger charge is -2.11. The van der Waals surface area contributed by atoms with Crippen LogP contribution in [0, 0.1) is 0 Å². The highest BCUT2D eigenvalue weighted by molar-refractivity contribution is 6.15. The zero-order valence-electron chi connectivity index (χ0n) is 20.9. The van der Waals surface area contributed by atoms with Crippen LogP contribution in [0.1, 0.15) is 31.4 Å². The summed E-state index contributed by atoms with van der Waals surface area (Å²) in [6, 6.07) is 10.8. The van der Waals surface area contributed by atoms with Gasteiger partial charge in [0.1, 0.15) is 19.8 Å². The topological polar surface area (TPSA) is 125 Å². The van der Waals surface area contributed by atoms with Gasteiger partial charge in [-0.15, -0.1) is 0 Å². The molecule has 8 nitrogen and oxygen atoms in total. The predicted octanol–water partition coefficient (Wildman–Crippen LogP) is 2.70. The average molecular weight is 484 g/mol. The lowest BCUT2D eigenvalue weighted by molar-refractivity contribution is -0.370. The monoisotopic (exact) mass is 483 g/mol. The molecule has 0 bridgehead atoms. The maximum absolute atomic E-state index is 12.7. The van der Waals surface area contributed by atoms with Crippen molar-refractivity contribution in [2.24, 2.45) is 5.73 Å². The van der Waals surface area contributed by atoms with Gasteiger partial charge in [0.2, 0.25) is 0 Å². The van der Waals surface area contributed by atoms with E-state index in [-0.39, 0.29) is 18.0 Å². The summed E-state index contributed by atoms with van der Waals surface area (Å²) in [5.41, 5.74) is 11.7. The molecule has 2 rings (SSSR count). The summed E-state index contributed by atoms with van der Waals surface area (Å²) in [7, 11) is 3.10. The fourth-order valence-corrected chi connectivity index (χ4v) is 3.22. The standard InChI is InChI=1S/C27H34N2O6/c1-18(13-20-5-7-24(34-11-9-28)26(15-20)32-3)22(30)17-23(31)19(2)14-21-6-8-25(35-12-10-29)27(16-21)33-4/h5-8,13-16H,9-12,17,28-29H2,1-4H3/p+1/b18-13+,19-14+. The molecule has 0 radical (unpaired) electrons. The molecule has 0 aliphatic rings. The SMILES string of the molecule is COc1cc(/C=C(\C)C(=O)CC(=O)/C(C)=C/c2ccc(OCC[NH3+])c(OC)c2)ccc1OCCN. The van der Waals surface area contributed by atoms with E-state index in [0.717, 1.165) is 11.1 Å². The first-order valence-corrected chi connectivity index (χ1v) is 11.4. The number of ketones is 2. The van der Waals surface area contributed by atoms with Gasteiger partial charge in [-0.1, -0.05) is 12.1 Å². The molecule has 0 aromatic heterocycles. The lowest BCUT2D eigenvalue weighted by atomic mass is 10.00. The van der Waals surface area contributed by atoms with Crippen LogP contribution >= 0.6 is 0 Å². The van der Waals surface area contributed by atoms with Crippen LogP contribution in [0.15, 0.2) is 47.5 Å². The third-order valence-corrected chi connectivity index (χ3v) is 5.12. The smallest absolute Gasteiger partial charge is 0.166 e. The highest BCUT2D eigenvalue weighted by atomic mass is 16.5. The van der Waals surface area contributed by atoms with E-state index in [9.17, 15) is 9.59 Å².